The topological polar surface area (TPSA) is 55.8 Å². The van der Waals surface area contributed by atoms with Crippen molar-refractivity contribution in [2.45, 2.75) is 58.0 Å². The number of aliphatic hydroxyl groups excluding tert-OH is 1. The van der Waals surface area contributed by atoms with E-state index in [1.807, 2.05) is 30.3 Å². The Morgan fingerprint density at radius 1 is 1.23 bits per heavy atom. The van der Waals surface area contributed by atoms with E-state index in [9.17, 15) is 9.90 Å². The SMILES string of the molecule is CC(C)(C)[Si](C)(C)OCC[C@@H](O)C(=O)OCc1ccccc1. The van der Waals surface area contributed by atoms with Crippen molar-refractivity contribution in [2.75, 3.05) is 6.61 Å². The molecule has 1 aromatic rings. The van der Waals surface area contributed by atoms with Gasteiger partial charge in [-0.3, -0.25) is 0 Å². The van der Waals surface area contributed by atoms with Crippen molar-refractivity contribution in [2.24, 2.45) is 0 Å². The van der Waals surface area contributed by atoms with Crippen molar-refractivity contribution >= 4 is 14.3 Å². The summed E-state index contributed by atoms with van der Waals surface area (Å²) < 4.78 is 11.1. The number of esters is 1. The lowest BCUT2D eigenvalue weighted by atomic mass is 10.2. The monoisotopic (exact) mass is 324 g/mol. The van der Waals surface area contributed by atoms with Gasteiger partial charge in [0.05, 0.1) is 0 Å². The fourth-order valence-corrected chi connectivity index (χ4v) is 2.65. The van der Waals surface area contributed by atoms with E-state index in [1.165, 1.54) is 0 Å². The van der Waals surface area contributed by atoms with Gasteiger partial charge in [-0.1, -0.05) is 51.1 Å². The van der Waals surface area contributed by atoms with Crippen LogP contribution in [-0.4, -0.2) is 32.1 Å². The predicted molar refractivity (Wildman–Crippen MR) is 90.0 cm³/mol. The van der Waals surface area contributed by atoms with E-state index >= 15 is 0 Å². The van der Waals surface area contributed by atoms with Crippen LogP contribution in [0, 0.1) is 0 Å². The minimum atomic E-state index is -1.84. The first-order valence-corrected chi connectivity index (χ1v) is 10.6. The van der Waals surface area contributed by atoms with Crippen LogP contribution in [0.4, 0.5) is 0 Å². The number of carbonyl (C=O) groups excluding carboxylic acids is 1. The Balaban J connectivity index is 2.33. The van der Waals surface area contributed by atoms with E-state index in [1.54, 1.807) is 0 Å². The van der Waals surface area contributed by atoms with Gasteiger partial charge in [-0.25, -0.2) is 4.79 Å². The van der Waals surface area contributed by atoms with Gasteiger partial charge in [0.1, 0.15) is 6.61 Å². The van der Waals surface area contributed by atoms with Crippen molar-refractivity contribution in [3.63, 3.8) is 0 Å². The molecular weight excluding hydrogens is 296 g/mol. The van der Waals surface area contributed by atoms with Gasteiger partial charge in [0, 0.05) is 13.0 Å². The van der Waals surface area contributed by atoms with Crippen LogP contribution < -0.4 is 0 Å². The molecule has 0 fully saturated rings. The third-order valence-electron chi connectivity index (χ3n) is 4.16. The molecule has 0 bridgehead atoms. The van der Waals surface area contributed by atoms with Crippen LogP contribution >= 0.6 is 0 Å². The highest BCUT2D eigenvalue weighted by Gasteiger charge is 2.37. The van der Waals surface area contributed by atoms with Crippen molar-refractivity contribution in [1.82, 2.24) is 0 Å². The maximum absolute atomic E-state index is 11.8. The van der Waals surface area contributed by atoms with Gasteiger partial charge in [0.25, 0.3) is 0 Å². The molecule has 1 atom stereocenters. The molecule has 1 N–H and O–H groups in total. The Labute approximate surface area is 134 Å². The number of carbonyl (C=O) groups is 1. The van der Waals surface area contributed by atoms with E-state index in [2.05, 4.69) is 33.9 Å². The molecule has 0 aliphatic carbocycles. The lowest BCUT2D eigenvalue weighted by molar-refractivity contribution is -0.155. The van der Waals surface area contributed by atoms with Crippen LogP contribution in [0.15, 0.2) is 30.3 Å². The van der Waals surface area contributed by atoms with E-state index in [-0.39, 0.29) is 18.1 Å². The highest BCUT2D eigenvalue weighted by atomic mass is 28.4. The number of hydrogen-bond acceptors (Lipinski definition) is 4. The Hall–Kier alpha value is -1.17. The molecule has 4 nitrogen and oxygen atoms in total. The largest absolute Gasteiger partial charge is 0.459 e. The molecule has 0 unspecified atom stereocenters. The Bertz CT molecular complexity index is 465. The summed E-state index contributed by atoms with van der Waals surface area (Å²) in [4.78, 5) is 11.8. The first-order chi connectivity index (χ1) is 10.1. The zero-order valence-electron chi connectivity index (χ0n) is 14.3. The maximum Gasteiger partial charge on any atom is 0.335 e. The summed E-state index contributed by atoms with van der Waals surface area (Å²) in [5.74, 6) is -0.595. The molecule has 0 heterocycles. The molecule has 0 saturated heterocycles. The van der Waals surface area contributed by atoms with E-state index < -0.39 is 20.4 Å². The highest BCUT2D eigenvalue weighted by Crippen LogP contribution is 2.36. The summed E-state index contributed by atoms with van der Waals surface area (Å²) in [5, 5.41) is 9.97. The van der Waals surface area contributed by atoms with E-state index in [0.717, 1.165) is 5.56 Å². The molecule has 0 aliphatic heterocycles. The molecular formula is C17H28O4Si. The molecule has 0 aliphatic rings. The number of aliphatic hydroxyl groups is 1. The summed E-state index contributed by atoms with van der Waals surface area (Å²) in [6.07, 6.45) is -0.867. The van der Waals surface area contributed by atoms with E-state index in [4.69, 9.17) is 9.16 Å². The van der Waals surface area contributed by atoms with Crippen LogP contribution in [0.3, 0.4) is 0 Å². The van der Waals surface area contributed by atoms with Gasteiger partial charge in [-0.2, -0.15) is 0 Å². The van der Waals surface area contributed by atoms with Crippen LogP contribution in [0.5, 0.6) is 0 Å². The number of rotatable bonds is 7. The lowest BCUT2D eigenvalue weighted by Gasteiger charge is -2.36. The molecule has 5 heteroatoms. The van der Waals surface area contributed by atoms with Gasteiger partial charge in [0.2, 0.25) is 0 Å². The minimum absolute atomic E-state index is 0.117. The van der Waals surface area contributed by atoms with Gasteiger partial charge < -0.3 is 14.3 Å². The zero-order chi connectivity index (χ0) is 16.8. The van der Waals surface area contributed by atoms with Crippen molar-refractivity contribution in [3.8, 4) is 0 Å². The quantitative estimate of drug-likeness (QED) is 0.616. The molecule has 1 rings (SSSR count). The molecule has 0 radical (unpaired) electrons. The van der Waals surface area contributed by atoms with Crippen molar-refractivity contribution in [3.05, 3.63) is 35.9 Å². The first kappa shape index (κ1) is 18.9. The molecule has 124 valence electrons. The second-order valence-corrected chi connectivity index (χ2v) is 11.8. The Morgan fingerprint density at radius 3 is 2.36 bits per heavy atom. The minimum Gasteiger partial charge on any atom is -0.459 e. The third-order valence-corrected chi connectivity index (χ3v) is 8.69. The van der Waals surface area contributed by atoms with Crippen LogP contribution in [0.1, 0.15) is 32.8 Å². The number of benzene rings is 1. The molecule has 1 aromatic carbocycles. The first-order valence-electron chi connectivity index (χ1n) is 7.66. The Kier molecular flexibility index (Phi) is 6.78. The third kappa shape index (κ3) is 5.91. The standard InChI is InChI=1S/C17H28O4Si/c1-17(2,3)22(4,5)21-12-11-15(18)16(19)20-13-14-9-7-6-8-10-14/h6-10,15,18H,11-13H2,1-5H3/t15-/m1/s1. The summed E-state index contributed by atoms with van der Waals surface area (Å²) >= 11 is 0. The zero-order valence-corrected chi connectivity index (χ0v) is 15.3. The number of ether oxygens (including phenoxy) is 1. The second kappa shape index (κ2) is 7.90. The van der Waals surface area contributed by atoms with Gasteiger partial charge >= 0.3 is 5.97 Å². The Morgan fingerprint density at radius 2 is 1.82 bits per heavy atom. The maximum atomic E-state index is 11.8. The summed E-state index contributed by atoms with van der Waals surface area (Å²) in [6.45, 7) is 11.3. The van der Waals surface area contributed by atoms with Crippen molar-refractivity contribution in [1.29, 1.82) is 0 Å². The van der Waals surface area contributed by atoms with Crippen LogP contribution in [-0.2, 0) is 20.6 Å². The fourth-order valence-electron chi connectivity index (χ4n) is 1.58. The molecule has 0 amide bonds. The lowest BCUT2D eigenvalue weighted by Crippen LogP contribution is -2.41. The average molecular weight is 324 g/mol. The molecule has 0 saturated carbocycles. The predicted octanol–water partition coefficient (Wildman–Crippen LogP) is 3.50. The fraction of sp³-hybridized carbons (Fsp3) is 0.588. The van der Waals surface area contributed by atoms with Crippen LogP contribution in [0.25, 0.3) is 0 Å². The summed E-state index contributed by atoms with van der Waals surface area (Å²) in [6, 6.07) is 9.41. The second-order valence-electron chi connectivity index (χ2n) is 7.01. The summed E-state index contributed by atoms with van der Waals surface area (Å²) in [7, 11) is -1.84. The summed E-state index contributed by atoms with van der Waals surface area (Å²) in [5.41, 5.74) is 0.903. The smallest absolute Gasteiger partial charge is 0.335 e. The molecule has 0 spiro atoms. The van der Waals surface area contributed by atoms with Crippen LogP contribution in [0.2, 0.25) is 18.1 Å². The average Bonchev–Trinajstić information content (AvgIpc) is 2.44. The normalized spacial score (nSPS) is 13.7. The molecule has 0 aromatic heterocycles. The van der Waals surface area contributed by atoms with Gasteiger partial charge in [0.15, 0.2) is 14.4 Å². The van der Waals surface area contributed by atoms with Gasteiger partial charge in [-0.15, -0.1) is 0 Å². The molecule has 22 heavy (non-hydrogen) atoms. The van der Waals surface area contributed by atoms with Gasteiger partial charge in [-0.05, 0) is 23.7 Å². The highest BCUT2D eigenvalue weighted by molar-refractivity contribution is 6.74. The number of hydrogen-bond donors (Lipinski definition) is 1. The van der Waals surface area contributed by atoms with Crippen molar-refractivity contribution < 1.29 is 19.1 Å². The van der Waals surface area contributed by atoms with E-state index in [0.29, 0.717) is 6.61 Å².